The second kappa shape index (κ2) is 6.21. The minimum absolute atomic E-state index is 0.122. The highest BCUT2D eigenvalue weighted by Crippen LogP contribution is 2.24. The minimum Gasteiger partial charge on any atom is -0.360 e. The fourth-order valence-electron chi connectivity index (χ4n) is 2.72. The molecule has 1 fully saturated rings. The van der Waals surface area contributed by atoms with E-state index in [1.54, 1.807) is 32.6 Å². The van der Waals surface area contributed by atoms with E-state index in [2.05, 4.69) is 5.16 Å². The van der Waals surface area contributed by atoms with E-state index in [1.165, 1.54) is 4.31 Å². The SMILES string of the molecule is Cc1noc(C)c1S(=O)(=O)N1CCCN(C(=O)C(C)(C)N)CC1. The number of carbonyl (C=O) groups is 1. The summed E-state index contributed by atoms with van der Waals surface area (Å²) in [4.78, 5) is 14.0. The molecule has 1 saturated heterocycles. The van der Waals surface area contributed by atoms with Gasteiger partial charge in [0.2, 0.25) is 15.9 Å². The van der Waals surface area contributed by atoms with Crippen molar-refractivity contribution in [2.45, 2.75) is 44.6 Å². The zero-order valence-electron chi connectivity index (χ0n) is 14.0. The van der Waals surface area contributed by atoms with Gasteiger partial charge in [-0.1, -0.05) is 5.16 Å². The molecular weight excluding hydrogens is 320 g/mol. The summed E-state index contributed by atoms with van der Waals surface area (Å²) in [5.41, 5.74) is 5.24. The monoisotopic (exact) mass is 344 g/mol. The van der Waals surface area contributed by atoms with Gasteiger partial charge in [0.25, 0.3) is 0 Å². The van der Waals surface area contributed by atoms with Crippen LogP contribution in [0.2, 0.25) is 0 Å². The van der Waals surface area contributed by atoms with Crippen molar-refractivity contribution in [1.82, 2.24) is 14.4 Å². The molecule has 0 radical (unpaired) electrons. The Kier molecular flexibility index (Phi) is 4.84. The molecule has 0 spiro atoms. The van der Waals surface area contributed by atoms with Crippen molar-refractivity contribution in [3.05, 3.63) is 11.5 Å². The molecule has 0 aliphatic carbocycles. The number of aryl methyl sites for hydroxylation is 2. The third-order valence-corrected chi connectivity index (χ3v) is 6.00. The average molecular weight is 344 g/mol. The Balaban J connectivity index is 2.19. The van der Waals surface area contributed by atoms with E-state index in [4.69, 9.17) is 10.3 Å². The number of aromatic nitrogens is 1. The first-order valence-corrected chi connectivity index (χ1v) is 9.00. The summed E-state index contributed by atoms with van der Waals surface area (Å²) in [5, 5.41) is 3.71. The number of amides is 1. The smallest absolute Gasteiger partial charge is 0.248 e. The molecule has 1 aromatic heterocycles. The van der Waals surface area contributed by atoms with Crippen molar-refractivity contribution in [3.8, 4) is 0 Å². The second-order valence-electron chi connectivity index (χ2n) is 6.42. The fraction of sp³-hybridized carbons (Fsp3) is 0.714. The molecule has 2 heterocycles. The van der Waals surface area contributed by atoms with E-state index in [0.29, 0.717) is 31.7 Å². The van der Waals surface area contributed by atoms with Crippen LogP contribution in [0.4, 0.5) is 0 Å². The third kappa shape index (κ3) is 3.56. The van der Waals surface area contributed by atoms with Crippen LogP contribution in [0.15, 0.2) is 9.42 Å². The number of hydrogen-bond acceptors (Lipinski definition) is 6. The van der Waals surface area contributed by atoms with Crippen molar-refractivity contribution >= 4 is 15.9 Å². The maximum atomic E-state index is 12.8. The molecule has 0 saturated carbocycles. The molecule has 1 aliphatic rings. The lowest BCUT2D eigenvalue weighted by atomic mass is 10.1. The fourth-order valence-corrected chi connectivity index (χ4v) is 4.48. The van der Waals surface area contributed by atoms with Gasteiger partial charge in [-0.2, -0.15) is 4.31 Å². The van der Waals surface area contributed by atoms with Crippen LogP contribution in [-0.4, -0.2) is 60.4 Å². The summed E-state index contributed by atoms with van der Waals surface area (Å²) in [5.74, 6) is 0.108. The van der Waals surface area contributed by atoms with Crippen LogP contribution in [0, 0.1) is 13.8 Å². The Hall–Kier alpha value is -1.45. The minimum atomic E-state index is -3.68. The number of hydrogen-bond donors (Lipinski definition) is 1. The van der Waals surface area contributed by atoms with Gasteiger partial charge in [-0.25, -0.2) is 8.42 Å². The van der Waals surface area contributed by atoms with Gasteiger partial charge in [-0.15, -0.1) is 0 Å². The molecule has 2 N–H and O–H groups in total. The number of rotatable bonds is 3. The molecule has 2 rings (SSSR count). The maximum absolute atomic E-state index is 12.8. The highest BCUT2D eigenvalue weighted by atomic mass is 32.2. The second-order valence-corrected chi connectivity index (χ2v) is 8.30. The van der Waals surface area contributed by atoms with Crippen LogP contribution >= 0.6 is 0 Å². The first kappa shape index (κ1) is 17.9. The lowest BCUT2D eigenvalue weighted by Gasteiger charge is -2.28. The van der Waals surface area contributed by atoms with E-state index in [-0.39, 0.29) is 23.1 Å². The van der Waals surface area contributed by atoms with Crippen molar-refractivity contribution in [1.29, 1.82) is 0 Å². The third-order valence-electron chi connectivity index (χ3n) is 3.86. The van der Waals surface area contributed by atoms with Crippen LogP contribution in [0.1, 0.15) is 31.7 Å². The molecule has 23 heavy (non-hydrogen) atoms. The van der Waals surface area contributed by atoms with Gasteiger partial charge in [0.15, 0.2) is 5.76 Å². The highest BCUT2D eigenvalue weighted by Gasteiger charge is 2.34. The number of nitrogens with zero attached hydrogens (tertiary/aromatic N) is 3. The van der Waals surface area contributed by atoms with Gasteiger partial charge in [0.1, 0.15) is 10.6 Å². The quantitative estimate of drug-likeness (QED) is 0.842. The van der Waals surface area contributed by atoms with Crippen LogP contribution in [0.3, 0.4) is 0 Å². The Morgan fingerprint density at radius 3 is 2.39 bits per heavy atom. The molecule has 9 heteroatoms. The van der Waals surface area contributed by atoms with E-state index in [9.17, 15) is 13.2 Å². The van der Waals surface area contributed by atoms with Gasteiger partial charge in [0, 0.05) is 26.2 Å². The normalized spacial score (nSPS) is 18.0. The van der Waals surface area contributed by atoms with Gasteiger partial charge in [0.05, 0.1) is 5.54 Å². The molecule has 1 amide bonds. The van der Waals surface area contributed by atoms with Crippen LogP contribution in [-0.2, 0) is 14.8 Å². The number of nitrogens with two attached hydrogens (primary N) is 1. The zero-order valence-corrected chi connectivity index (χ0v) is 14.8. The Labute approximate surface area is 136 Å². The zero-order chi connectivity index (χ0) is 17.4. The van der Waals surface area contributed by atoms with Crippen LogP contribution in [0.25, 0.3) is 0 Å². The van der Waals surface area contributed by atoms with Crippen molar-refractivity contribution in [2.24, 2.45) is 5.73 Å². The summed E-state index contributed by atoms with van der Waals surface area (Å²) in [6, 6.07) is 0. The van der Waals surface area contributed by atoms with Crippen molar-refractivity contribution in [3.63, 3.8) is 0 Å². The molecule has 0 aromatic carbocycles. The Bertz CT molecular complexity index is 671. The summed E-state index contributed by atoms with van der Waals surface area (Å²) < 4.78 is 32.0. The molecule has 1 aromatic rings. The summed E-state index contributed by atoms with van der Waals surface area (Å²) in [6.45, 7) is 7.88. The van der Waals surface area contributed by atoms with Gasteiger partial charge >= 0.3 is 0 Å². The molecule has 0 bridgehead atoms. The number of carbonyl (C=O) groups excluding carboxylic acids is 1. The lowest BCUT2D eigenvalue weighted by Crippen LogP contribution is -2.52. The maximum Gasteiger partial charge on any atom is 0.248 e. The van der Waals surface area contributed by atoms with E-state index < -0.39 is 15.6 Å². The number of sulfonamides is 1. The Morgan fingerprint density at radius 2 is 1.87 bits per heavy atom. The van der Waals surface area contributed by atoms with E-state index in [0.717, 1.165) is 0 Å². The molecule has 0 atom stereocenters. The van der Waals surface area contributed by atoms with Crippen molar-refractivity contribution < 1.29 is 17.7 Å². The average Bonchev–Trinajstić information content (AvgIpc) is 2.66. The molecule has 130 valence electrons. The van der Waals surface area contributed by atoms with Gasteiger partial charge in [-0.3, -0.25) is 4.79 Å². The standard InChI is InChI=1S/C14H24N4O4S/c1-10-12(11(2)22-16-10)23(20,21)18-7-5-6-17(8-9-18)13(19)14(3,4)15/h5-9,15H2,1-4H3. The van der Waals surface area contributed by atoms with E-state index >= 15 is 0 Å². The molecule has 0 unspecified atom stereocenters. The lowest BCUT2D eigenvalue weighted by molar-refractivity contribution is -0.135. The van der Waals surface area contributed by atoms with Crippen molar-refractivity contribution in [2.75, 3.05) is 26.2 Å². The Morgan fingerprint density at radius 1 is 1.22 bits per heavy atom. The summed E-state index contributed by atoms with van der Waals surface area (Å²) >= 11 is 0. The summed E-state index contributed by atoms with van der Waals surface area (Å²) in [6.07, 6.45) is 0.560. The largest absolute Gasteiger partial charge is 0.360 e. The first-order chi connectivity index (χ1) is 10.5. The topological polar surface area (TPSA) is 110 Å². The molecule has 1 aliphatic heterocycles. The van der Waals surface area contributed by atoms with E-state index in [1.807, 2.05) is 0 Å². The predicted molar refractivity (Wildman–Crippen MR) is 84.2 cm³/mol. The molecular formula is C14H24N4O4S. The van der Waals surface area contributed by atoms with Gasteiger partial charge in [-0.05, 0) is 34.1 Å². The predicted octanol–water partition coefficient (Wildman–Crippen LogP) is 0.252. The first-order valence-electron chi connectivity index (χ1n) is 7.56. The van der Waals surface area contributed by atoms with Gasteiger partial charge < -0.3 is 15.2 Å². The highest BCUT2D eigenvalue weighted by molar-refractivity contribution is 7.89. The van der Waals surface area contributed by atoms with Crippen LogP contribution in [0.5, 0.6) is 0 Å². The van der Waals surface area contributed by atoms with Crippen LogP contribution < -0.4 is 5.73 Å². The summed E-state index contributed by atoms with van der Waals surface area (Å²) in [7, 11) is -3.68. The molecule has 8 nitrogen and oxygen atoms in total.